The van der Waals surface area contributed by atoms with E-state index in [4.69, 9.17) is 0 Å². The molecule has 0 saturated carbocycles. The summed E-state index contributed by atoms with van der Waals surface area (Å²) in [6.07, 6.45) is -4.32. The van der Waals surface area contributed by atoms with Gasteiger partial charge in [0.2, 0.25) is 0 Å². The van der Waals surface area contributed by atoms with Crippen LogP contribution in [-0.4, -0.2) is 55.0 Å². The Hall–Kier alpha value is -5.01. The fraction of sp³-hybridized carbons (Fsp3) is 0.192. The number of rotatable bonds is 6. The van der Waals surface area contributed by atoms with Crippen molar-refractivity contribution in [2.45, 2.75) is 25.2 Å². The van der Waals surface area contributed by atoms with Crippen molar-refractivity contribution in [1.29, 1.82) is 0 Å². The van der Waals surface area contributed by atoms with E-state index in [1.165, 1.54) is 21.7 Å². The van der Waals surface area contributed by atoms with Crippen molar-refractivity contribution in [3.63, 3.8) is 0 Å². The number of aromatic carboxylic acids is 1. The smallest absolute Gasteiger partial charge is 0.476 e. The van der Waals surface area contributed by atoms with E-state index in [-0.39, 0.29) is 28.2 Å². The van der Waals surface area contributed by atoms with Gasteiger partial charge in [0.15, 0.2) is 5.69 Å². The van der Waals surface area contributed by atoms with Crippen molar-refractivity contribution in [3.8, 4) is 5.69 Å². The summed E-state index contributed by atoms with van der Waals surface area (Å²) >= 11 is 0. The summed E-state index contributed by atoms with van der Waals surface area (Å²) < 4.78 is 53.9. The van der Waals surface area contributed by atoms with Gasteiger partial charge in [0.1, 0.15) is 23.4 Å². The van der Waals surface area contributed by atoms with Crippen LogP contribution in [0.5, 0.6) is 0 Å². The third kappa shape index (κ3) is 4.57. The van der Waals surface area contributed by atoms with E-state index in [9.17, 15) is 37.1 Å². The molecule has 5 rings (SSSR count). The maximum Gasteiger partial charge on any atom is 0.504 e. The number of aromatic nitrogens is 4. The second-order valence-corrected chi connectivity index (χ2v) is 8.81. The molecule has 2 atom stereocenters. The first-order valence-corrected chi connectivity index (χ1v) is 11.9. The van der Waals surface area contributed by atoms with Gasteiger partial charge in [-0.3, -0.25) is 14.5 Å². The van der Waals surface area contributed by atoms with E-state index in [1.807, 2.05) is 0 Å². The monoisotopic (exact) mass is 556 g/mol. The molecule has 2 amide bonds. The molecular formula is C26H20F4N6O4. The summed E-state index contributed by atoms with van der Waals surface area (Å²) in [5.74, 6) is -4.85. The number of benzene rings is 2. The highest BCUT2D eigenvalue weighted by atomic mass is 19.4. The summed E-state index contributed by atoms with van der Waals surface area (Å²) in [7, 11) is 0. The van der Waals surface area contributed by atoms with Crippen molar-refractivity contribution in [2.24, 2.45) is 0 Å². The molecule has 14 heteroatoms. The Kier molecular flexibility index (Phi) is 6.61. The minimum atomic E-state index is -4.87. The minimum absolute atomic E-state index is 0.0363. The lowest BCUT2D eigenvalue weighted by molar-refractivity contribution is -0.212. The van der Waals surface area contributed by atoms with Gasteiger partial charge in [-0.1, -0.05) is 30.3 Å². The first-order chi connectivity index (χ1) is 19.0. The molecular weight excluding hydrogens is 536 g/mol. The number of alkyl halides is 3. The number of likely N-dealkylation sites (N-methyl/N-ethyl adjacent to an activating group) is 1. The number of para-hydroxylation sites is 1. The van der Waals surface area contributed by atoms with Crippen LogP contribution in [-0.2, 0) is 11.1 Å². The highest BCUT2D eigenvalue weighted by Gasteiger charge is 2.47. The van der Waals surface area contributed by atoms with E-state index in [1.54, 1.807) is 37.3 Å². The van der Waals surface area contributed by atoms with Crippen LogP contribution in [0.4, 0.5) is 23.4 Å². The first-order valence-electron chi connectivity index (χ1n) is 11.9. The normalized spacial score (nSPS) is 17.0. The lowest BCUT2D eigenvalue weighted by Crippen LogP contribution is -2.55. The number of amides is 2. The van der Waals surface area contributed by atoms with Crippen molar-refractivity contribution in [1.82, 2.24) is 24.9 Å². The lowest BCUT2D eigenvalue weighted by atomic mass is 9.81. The van der Waals surface area contributed by atoms with Crippen LogP contribution in [0.1, 0.15) is 44.9 Å². The fourth-order valence-electron chi connectivity index (χ4n) is 4.74. The zero-order valence-electron chi connectivity index (χ0n) is 20.6. The Balaban J connectivity index is 1.70. The number of nitrogens with one attached hydrogen (secondary N) is 1. The molecule has 0 spiro atoms. The standard InChI is InChI=1S/C26H20F4N6O4/c1-2-34-23-19(21(25(39)40)33-36(23)16-6-4-3-5-7-16)18(14-8-10-15(27)11-9-14)20(24(34)38)31-22(37)17-12-13-35(32-17)26(28,29)30/h3-13,18,20H,2H2,1H3,(H,31,37)(H,39,40)/t18-,20-/m0/s1. The van der Waals surface area contributed by atoms with Gasteiger partial charge in [-0.25, -0.2) is 13.9 Å². The summed E-state index contributed by atoms with van der Waals surface area (Å²) in [5.41, 5.74) is -0.242. The number of carboxylic acid groups (broad SMARTS) is 1. The van der Waals surface area contributed by atoms with Crippen LogP contribution < -0.4 is 10.2 Å². The molecule has 0 aliphatic carbocycles. The maximum atomic E-state index is 13.9. The highest BCUT2D eigenvalue weighted by molar-refractivity contribution is 6.06. The third-order valence-electron chi connectivity index (χ3n) is 6.45. The van der Waals surface area contributed by atoms with Crippen LogP contribution in [0.2, 0.25) is 0 Å². The van der Waals surface area contributed by atoms with Crippen LogP contribution in [0.25, 0.3) is 5.69 Å². The Bertz CT molecular complexity index is 1600. The van der Waals surface area contributed by atoms with Crippen LogP contribution in [0.3, 0.4) is 0 Å². The average molecular weight is 556 g/mol. The topological polar surface area (TPSA) is 122 Å². The van der Waals surface area contributed by atoms with Gasteiger partial charge in [0.25, 0.3) is 11.8 Å². The molecule has 206 valence electrons. The summed E-state index contributed by atoms with van der Waals surface area (Å²) in [5, 5.41) is 20.1. The van der Waals surface area contributed by atoms with Crippen LogP contribution in [0, 0.1) is 5.82 Å². The molecule has 0 bridgehead atoms. The number of hydrogen-bond donors (Lipinski definition) is 2. The van der Waals surface area contributed by atoms with E-state index < -0.39 is 53.2 Å². The Morgan fingerprint density at radius 2 is 1.70 bits per heavy atom. The van der Waals surface area contributed by atoms with Gasteiger partial charge in [0, 0.05) is 24.2 Å². The molecule has 2 aromatic carbocycles. The molecule has 10 nitrogen and oxygen atoms in total. The molecule has 0 unspecified atom stereocenters. The number of carbonyl (C=O) groups excluding carboxylic acids is 2. The molecule has 2 aromatic heterocycles. The molecule has 2 N–H and O–H groups in total. The Labute approximate surface area is 223 Å². The van der Waals surface area contributed by atoms with Gasteiger partial charge in [-0.05, 0) is 42.8 Å². The third-order valence-corrected chi connectivity index (χ3v) is 6.45. The Morgan fingerprint density at radius 3 is 2.27 bits per heavy atom. The summed E-state index contributed by atoms with van der Waals surface area (Å²) in [6, 6.07) is 12.7. The second-order valence-electron chi connectivity index (χ2n) is 8.81. The molecule has 1 aliphatic heterocycles. The zero-order valence-corrected chi connectivity index (χ0v) is 20.6. The number of fused-ring (bicyclic) bond motifs is 1. The molecule has 0 radical (unpaired) electrons. The minimum Gasteiger partial charge on any atom is -0.476 e. The van der Waals surface area contributed by atoms with Crippen LogP contribution in [0.15, 0.2) is 66.9 Å². The van der Waals surface area contributed by atoms with Crippen molar-refractivity contribution in [2.75, 3.05) is 11.4 Å². The maximum absolute atomic E-state index is 13.9. The van der Waals surface area contributed by atoms with Crippen molar-refractivity contribution >= 4 is 23.6 Å². The summed E-state index contributed by atoms with van der Waals surface area (Å²) in [4.78, 5) is 40.6. The van der Waals surface area contributed by atoms with Gasteiger partial charge in [-0.2, -0.15) is 14.9 Å². The molecule has 0 saturated heterocycles. The Morgan fingerprint density at radius 1 is 1.02 bits per heavy atom. The predicted molar refractivity (Wildman–Crippen MR) is 132 cm³/mol. The average Bonchev–Trinajstić information content (AvgIpc) is 3.57. The number of anilines is 1. The first kappa shape index (κ1) is 26.6. The molecule has 4 aromatic rings. The SMILES string of the molecule is CCN1C(=O)[C@@H](NC(=O)c2ccn(C(F)(F)F)n2)[C@@H](c2ccc(F)cc2)c2c(C(=O)O)nn(-c3ccccc3)c21. The quantitative estimate of drug-likeness (QED) is 0.350. The largest absolute Gasteiger partial charge is 0.504 e. The fourth-order valence-corrected chi connectivity index (χ4v) is 4.74. The van der Waals surface area contributed by atoms with Gasteiger partial charge >= 0.3 is 12.3 Å². The molecule has 40 heavy (non-hydrogen) atoms. The van der Waals surface area contributed by atoms with Crippen molar-refractivity contribution in [3.05, 3.63) is 95.2 Å². The number of halogens is 4. The van der Waals surface area contributed by atoms with E-state index in [2.05, 4.69) is 15.5 Å². The zero-order chi connectivity index (χ0) is 28.8. The number of hydrogen-bond acceptors (Lipinski definition) is 5. The number of nitrogens with zero attached hydrogens (tertiary/aromatic N) is 5. The van der Waals surface area contributed by atoms with Gasteiger partial charge in [0.05, 0.1) is 5.69 Å². The van der Waals surface area contributed by atoms with E-state index in [0.29, 0.717) is 11.9 Å². The van der Waals surface area contributed by atoms with E-state index in [0.717, 1.165) is 18.2 Å². The van der Waals surface area contributed by atoms with Gasteiger partial charge in [-0.15, -0.1) is 13.2 Å². The molecule has 3 heterocycles. The highest BCUT2D eigenvalue weighted by Crippen LogP contribution is 2.43. The van der Waals surface area contributed by atoms with E-state index >= 15 is 0 Å². The van der Waals surface area contributed by atoms with Crippen molar-refractivity contribution < 1.29 is 37.1 Å². The number of carbonyl (C=O) groups is 3. The molecule has 1 aliphatic rings. The second kappa shape index (κ2) is 9.94. The predicted octanol–water partition coefficient (Wildman–Crippen LogP) is 3.68. The number of carboxylic acids is 1. The summed E-state index contributed by atoms with van der Waals surface area (Å²) in [6.45, 7) is 1.67. The van der Waals surface area contributed by atoms with Gasteiger partial charge < -0.3 is 10.4 Å². The lowest BCUT2D eigenvalue weighted by Gasteiger charge is -2.38. The molecule has 0 fully saturated rings. The van der Waals surface area contributed by atoms with Crippen LogP contribution >= 0.6 is 0 Å².